The molecule has 37 heavy (non-hydrogen) atoms. The Morgan fingerprint density at radius 3 is 2.70 bits per heavy atom. The van der Waals surface area contributed by atoms with Gasteiger partial charge >= 0.3 is 0 Å². The summed E-state index contributed by atoms with van der Waals surface area (Å²) in [6, 6.07) is 17.3. The van der Waals surface area contributed by atoms with Gasteiger partial charge in [0, 0.05) is 18.4 Å². The summed E-state index contributed by atoms with van der Waals surface area (Å²) in [5.74, 6) is 0.236. The molecule has 11 heteroatoms. The summed E-state index contributed by atoms with van der Waals surface area (Å²) in [6.07, 6.45) is 1.63. The van der Waals surface area contributed by atoms with Crippen LogP contribution in [0.2, 0.25) is 5.02 Å². The van der Waals surface area contributed by atoms with Crippen molar-refractivity contribution in [3.63, 3.8) is 0 Å². The molecule has 2 amide bonds. The Kier molecular flexibility index (Phi) is 7.11. The molecule has 5 rings (SSSR count). The summed E-state index contributed by atoms with van der Waals surface area (Å²) in [5.41, 5.74) is 2.16. The van der Waals surface area contributed by atoms with Gasteiger partial charge in [-0.1, -0.05) is 35.9 Å². The molecule has 0 saturated carbocycles. The summed E-state index contributed by atoms with van der Waals surface area (Å²) in [6.45, 7) is 0.0942. The molecule has 0 aliphatic carbocycles. The highest BCUT2D eigenvalue weighted by atomic mass is 35.5. The van der Waals surface area contributed by atoms with Crippen LogP contribution in [0.5, 0.6) is 5.75 Å². The van der Waals surface area contributed by atoms with Gasteiger partial charge in [0.15, 0.2) is 0 Å². The van der Waals surface area contributed by atoms with Gasteiger partial charge in [0.25, 0.3) is 11.8 Å². The Labute approximate surface area is 217 Å². The molecule has 1 aliphatic rings. The van der Waals surface area contributed by atoms with Crippen LogP contribution in [-0.2, 0) is 17.9 Å². The number of aromatic nitrogens is 3. The molecule has 188 valence electrons. The predicted molar refractivity (Wildman–Crippen MR) is 134 cm³/mol. The highest BCUT2D eigenvalue weighted by Gasteiger charge is 2.31. The molecule has 3 heterocycles. The summed E-state index contributed by atoms with van der Waals surface area (Å²) in [4.78, 5) is 34.1. The summed E-state index contributed by atoms with van der Waals surface area (Å²) < 4.78 is 11.1. The van der Waals surface area contributed by atoms with E-state index in [-0.39, 0.29) is 61.1 Å². The van der Waals surface area contributed by atoms with E-state index in [1.807, 2.05) is 24.3 Å². The molecule has 0 atom stereocenters. The first kappa shape index (κ1) is 24.4. The zero-order valence-electron chi connectivity index (χ0n) is 19.6. The average Bonchev–Trinajstić information content (AvgIpc) is 3.34. The van der Waals surface area contributed by atoms with Gasteiger partial charge in [0.2, 0.25) is 11.8 Å². The van der Waals surface area contributed by atoms with Gasteiger partial charge in [-0.05, 0) is 42.0 Å². The van der Waals surface area contributed by atoms with Gasteiger partial charge < -0.3 is 19.2 Å². The highest BCUT2D eigenvalue weighted by Crippen LogP contribution is 2.30. The molecule has 1 N–H and O–H groups in total. The second kappa shape index (κ2) is 10.8. The summed E-state index contributed by atoms with van der Waals surface area (Å²) in [5, 5.41) is 17.2. The van der Waals surface area contributed by atoms with E-state index < -0.39 is 5.91 Å². The van der Waals surface area contributed by atoms with E-state index in [1.54, 1.807) is 41.4 Å². The zero-order valence-corrected chi connectivity index (χ0v) is 20.3. The number of ether oxygens (including phenoxy) is 1. The number of fused-ring (bicyclic) bond motifs is 1. The number of carbonyl (C=O) groups is 2. The molecule has 10 nitrogen and oxygen atoms in total. The van der Waals surface area contributed by atoms with Crippen molar-refractivity contribution < 1.29 is 23.8 Å². The van der Waals surface area contributed by atoms with Crippen LogP contribution in [0.4, 0.5) is 5.69 Å². The van der Waals surface area contributed by atoms with E-state index in [4.69, 9.17) is 25.9 Å². The number of amides is 2. The molecule has 0 radical (unpaired) electrons. The normalized spacial score (nSPS) is 13.3. The topological polar surface area (TPSA) is 122 Å². The fourth-order valence-corrected chi connectivity index (χ4v) is 4.24. The number of anilines is 1. The second-order valence-corrected chi connectivity index (χ2v) is 8.61. The number of benzene rings is 2. The van der Waals surface area contributed by atoms with Crippen molar-refractivity contribution in [3.8, 4) is 17.3 Å². The quantitative estimate of drug-likeness (QED) is 0.394. The van der Waals surface area contributed by atoms with Crippen LogP contribution in [0, 0.1) is 0 Å². The minimum absolute atomic E-state index is 0.0761. The Balaban J connectivity index is 1.39. The molecule has 0 spiro atoms. The van der Waals surface area contributed by atoms with Gasteiger partial charge in [0.05, 0.1) is 23.7 Å². The molecule has 0 bridgehead atoms. The van der Waals surface area contributed by atoms with Crippen molar-refractivity contribution in [2.75, 3.05) is 24.7 Å². The maximum atomic E-state index is 13.6. The number of aliphatic hydroxyl groups is 1. The molecule has 2 aromatic heterocycles. The van der Waals surface area contributed by atoms with Crippen molar-refractivity contribution in [2.45, 2.75) is 13.1 Å². The van der Waals surface area contributed by atoms with Crippen molar-refractivity contribution >= 4 is 29.1 Å². The molecule has 0 fully saturated rings. The van der Waals surface area contributed by atoms with E-state index in [9.17, 15) is 9.59 Å². The summed E-state index contributed by atoms with van der Waals surface area (Å²) >= 11 is 6.40. The Morgan fingerprint density at radius 1 is 1.08 bits per heavy atom. The number of para-hydroxylation sites is 1. The second-order valence-electron chi connectivity index (χ2n) is 8.20. The fourth-order valence-electron chi connectivity index (χ4n) is 3.99. The number of pyridine rings is 1. The van der Waals surface area contributed by atoms with E-state index >= 15 is 0 Å². The molecule has 2 aromatic carbocycles. The van der Waals surface area contributed by atoms with Crippen LogP contribution in [-0.4, -0.2) is 56.8 Å². The molecular formula is C26H22ClN5O5. The third-order valence-electron chi connectivity index (χ3n) is 5.74. The Morgan fingerprint density at radius 2 is 1.92 bits per heavy atom. The number of nitrogens with zero attached hydrogens (tertiary/aromatic N) is 5. The molecule has 4 aromatic rings. The van der Waals surface area contributed by atoms with E-state index in [0.717, 1.165) is 5.56 Å². The lowest BCUT2D eigenvalue weighted by atomic mass is 10.1. The van der Waals surface area contributed by atoms with Crippen LogP contribution >= 0.6 is 11.6 Å². The average molecular weight is 520 g/mol. The van der Waals surface area contributed by atoms with Gasteiger partial charge in [-0.25, -0.2) is 0 Å². The van der Waals surface area contributed by atoms with Crippen LogP contribution in [0.3, 0.4) is 0 Å². The minimum Gasteiger partial charge on any atom is -0.491 e. The number of hydrogen-bond acceptors (Lipinski definition) is 8. The standard InChI is InChI=1S/C26H22ClN5O5/c27-20-13-18(36-12-11-33)8-9-19(20)26(35)32-16-24(34)31(14-17-5-1-2-7-22(17)32)15-23-29-30-25(37-23)21-6-3-4-10-28-21/h1-10,13,33H,11-12,14-16H2. The molecule has 0 unspecified atom stereocenters. The third kappa shape index (κ3) is 5.30. The third-order valence-corrected chi connectivity index (χ3v) is 6.06. The van der Waals surface area contributed by atoms with Crippen molar-refractivity contribution in [1.29, 1.82) is 0 Å². The molecular weight excluding hydrogens is 498 g/mol. The first-order valence-corrected chi connectivity index (χ1v) is 11.9. The fraction of sp³-hybridized carbons (Fsp3) is 0.192. The van der Waals surface area contributed by atoms with Crippen molar-refractivity contribution in [3.05, 3.63) is 88.9 Å². The predicted octanol–water partition coefficient (Wildman–Crippen LogP) is 3.35. The van der Waals surface area contributed by atoms with Gasteiger partial charge in [-0.3, -0.25) is 19.5 Å². The lowest BCUT2D eigenvalue weighted by Gasteiger charge is -2.23. The number of halogens is 1. The van der Waals surface area contributed by atoms with Crippen molar-refractivity contribution in [1.82, 2.24) is 20.1 Å². The zero-order chi connectivity index (χ0) is 25.8. The molecule has 0 saturated heterocycles. The van der Waals surface area contributed by atoms with Gasteiger partial charge in [-0.15, -0.1) is 10.2 Å². The van der Waals surface area contributed by atoms with E-state index in [0.29, 0.717) is 17.1 Å². The maximum Gasteiger partial charge on any atom is 0.266 e. The number of aliphatic hydroxyl groups excluding tert-OH is 1. The van der Waals surface area contributed by atoms with Crippen molar-refractivity contribution in [2.24, 2.45) is 0 Å². The van der Waals surface area contributed by atoms with Crippen LogP contribution in [0.1, 0.15) is 21.8 Å². The minimum atomic E-state index is -0.420. The highest BCUT2D eigenvalue weighted by molar-refractivity contribution is 6.34. The largest absolute Gasteiger partial charge is 0.491 e. The van der Waals surface area contributed by atoms with E-state index in [1.165, 1.54) is 11.0 Å². The smallest absolute Gasteiger partial charge is 0.266 e. The maximum absolute atomic E-state index is 13.6. The number of hydrogen-bond donors (Lipinski definition) is 1. The SMILES string of the molecule is O=C1CN(C(=O)c2ccc(OCCO)cc2Cl)c2ccccc2CN1Cc1nnc(-c2ccccn2)o1. The number of carbonyl (C=O) groups excluding carboxylic acids is 2. The lowest BCUT2D eigenvalue weighted by Crippen LogP contribution is -2.40. The van der Waals surface area contributed by atoms with Gasteiger partial charge in [0.1, 0.15) is 24.6 Å². The molecule has 1 aliphatic heterocycles. The van der Waals surface area contributed by atoms with E-state index in [2.05, 4.69) is 15.2 Å². The number of rotatable bonds is 7. The first-order chi connectivity index (χ1) is 18.0. The van der Waals surface area contributed by atoms with Crippen LogP contribution < -0.4 is 9.64 Å². The Bertz CT molecular complexity index is 1430. The first-order valence-electron chi connectivity index (χ1n) is 11.5. The van der Waals surface area contributed by atoms with Gasteiger partial charge in [-0.2, -0.15) is 0 Å². The van der Waals surface area contributed by atoms with Crippen LogP contribution in [0.15, 0.2) is 71.3 Å². The Hall–Kier alpha value is -4.28. The summed E-state index contributed by atoms with van der Waals surface area (Å²) in [7, 11) is 0. The monoisotopic (exact) mass is 519 g/mol. The van der Waals surface area contributed by atoms with Crippen LogP contribution in [0.25, 0.3) is 11.6 Å². The lowest BCUT2D eigenvalue weighted by molar-refractivity contribution is -0.131.